The predicted octanol–water partition coefficient (Wildman–Crippen LogP) is 1.32. The van der Waals surface area contributed by atoms with Gasteiger partial charge in [-0.2, -0.15) is 0 Å². The second-order valence-electron chi connectivity index (χ2n) is 3.78. The summed E-state index contributed by atoms with van der Waals surface area (Å²) in [6, 6.07) is 0. The van der Waals surface area contributed by atoms with Gasteiger partial charge in [0.05, 0.1) is 5.39 Å². The van der Waals surface area contributed by atoms with E-state index in [4.69, 9.17) is 5.73 Å². The Bertz CT molecular complexity index is 597. The summed E-state index contributed by atoms with van der Waals surface area (Å²) >= 11 is 1.53. The summed E-state index contributed by atoms with van der Waals surface area (Å²) in [6.07, 6.45) is 0.761. The van der Waals surface area contributed by atoms with Gasteiger partial charge in [-0.3, -0.25) is 9.36 Å². The van der Waals surface area contributed by atoms with Gasteiger partial charge in [-0.15, -0.1) is 11.3 Å². The molecule has 0 aliphatic carbocycles. The van der Waals surface area contributed by atoms with Gasteiger partial charge in [-0.25, -0.2) is 4.98 Å². The van der Waals surface area contributed by atoms with E-state index in [-0.39, 0.29) is 5.56 Å². The van der Waals surface area contributed by atoms with Gasteiger partial charge >= 0.3 is 0 Å². The maximum atomic E-state index is 12.1. The Kier molecular flexibility index (Phi) is 2.82. The molecule has 5 heteroatoms. The van der Waals surface area contributed by atoms with Crippen LogP contribution in [0.15, 0.2) is 4.79 Å². The highest BCUT2D eigenvalue weighted by atomic mass is 32.1. The monoisotopic (exact) mass is 237 g/mol. The van der Waals surface area contributed by atoms with Crippen LogP contribution in [0.5, 0.6) is 0 Å². The molecule has 0 aromatic carbocycles. The van der Waals surface area contributed by atoms with E-state index in [9.17, 15) is 4.79 Å². The summed E-state index contributed by atoms with van der Waals surface area (Å²) in [5.74, 6) is 0.822. The molecule has 2 aromatic rings. The number of aromatic nitrogens is 2. The molecule has 0 saturated heterocycles. The second-order valence-corrected chi connectivity index (χ2v) is 4.86. The summed E-state index contributed by atoms with van der Waals surface area (Å²) in [4.78, 5) is 18.5. The fraction of sp³-hybridized carbons (Fsp3) is 0.455. The van der Waals surface area contributed by atoms with Gasteiger partial charge in [-0.1, -0.05) is 6.92 Å². The van der Waals surface area contributed by atoms with E-state index in [2.05, 4.69) is 4.98 Å². The number of rotatable bonds is 2. The number of fused-ring (bicyclic) bond motifs is 1. The molecule has 0 amide bonds. The Morgan fingerprint density at radius 1 is 1.50 bits per heavy atom. The molecule has 0 spiro atoms. The van der Waals surface area contributed by atoms with Crippen LogP contribution >= 0.6 is 11.3 Å². The molecule has 2 heterocycles. The van der Waals surface area contributed by atoms with Gasteiger partial charge in [0.2, 0.25) is 0 Å². The van der Waals surface area contributed by atoms with Gasteiger partial charge in [-0.05, 0) is 12.5 Å². The standard InChI is InChI=1S/C11H15N3OS/c1-4-8-13-10-9(11(15)14(8)3)6(2)7(5-12)16-10/h4-5,12H2,1-3H3. The van der Waals surface area contributed by atoms with Crippen molar-refractivity contribution in [2.75, 3.05) is 0 Å². The first-order chi connectivity index (χ1) is 7.60. The van der Waals surface area contributed by atoms with Gasteiger partial charge < -0.3 is 5.73 Å². The van der Waals surface area contributed by atoms with E-state index in [1.165, 1.54) is 11.3 Å². The smallest absolute Gasteiger partial charge is 0.262 e. The maximum Gasteiger partial charge on any atom is 0.262 e. The number of thiophene rings is 1. The summed E-state index contributed by atoms with van der Waals surface area (Å²) in [7, 11) is 1.77. The molecule has 0 aliphatic rings. The number of aryl methyl sites for hydroxylation is 2. The molecule has 4 nitrogen and oxygen atoms in total. The third-order valence-corrected chi connectivity index (χ3v) is 4.07. The molecule has 86 valence electrons. The van der Waals surface area contributed by atoms with Crippen molar-refractivity contribution in [3.8, 4) is 0 Å². The first-order valence-electron chi connectivity index (χ1n) is 5.28. The third-order valence-electron chi connectivity index (χ3n) is 2.86. The highest BCUT2D eigenvalue weighted by Gasteiger charge is 2.14. The number of nitrogens with two attached hydrogens (primary N) is 1. The van der Waals surface area contributed by atoms with Gasteiger partial charge in [0.1, 0.15) is 10.7 Å². The lowest BCUT2D eigenvalue weighted by molar-refractivity contribution is 0.753. The first kappa shape index (κ1) is 11.3. The Hall–Kier alpha value is -1.20. The molecule has 0 radical (unpaired) electrons. The van der Waals surface area contributed by atoms with Crippen molar-refractivity contribution in [1.82, 2.24) is 9.55 Å². The van der Waals surface area contributed by atoms with E-state index >= 15 is 0 Å². The molecule has 0 fully saturated rings. The van der Waals surface area contributed by atoms with Crippen LogP contribution in [0.4, 0.5) is 0 Å². The third kappa shape index (κ3) is 1.47. The first-order valence-corrected chi connectivity index (χ1v) is 6.09. The van der Waals surface area contributed by atoms with Crippen molar-refractivity contribution in [2.24, 2.45) is 12.8 Å². The second kappa shape index (κ2) is 3.99. The zero-order valence-corrected chi connectivity index (χ0v) is 10.5. The Morgan fingerprint density at radius 2 is 2.19 bits per heavy atom. The topological polar surface area (TPSA) is 60.9 Å². The van der Waals surface area contributed by atoms with E-state index < -0.39 is 0 Å². The van der Waals surface area contributed by atoms with Crippen molar-refractivity contribution in [3.05, 3.63) is 26.6 Å². The minimum Gasteiger partial charge on any atom is -0.326 e. The van der Waals surface area contributed by atoms with E-state index in [1.54, 1.807) is 11.6 Å². The van der Waals surface area contributed by atoms with Gasteiger partial charge in [0, 0.05) is 24.9 Å². The zero-order chi connectivity index (χ0) is 11.9. The summed E-state index contributed by atoms with van der Waals surface area (Å²) in [5, 5.41) is 0.727. The van der Waals surface area contributed by atoms with Crippen molar-refractivity contribution in [2.45, 2.75) is 26.8 Å². The largest absolute Gasteiger partial charge is 0.326 e. The molecule has 2 N–H and O–H groups in total. The summed E-state index contributed by atoms with van der Waals surface area (Å²) in [5.41, 5.74) is 6.67. The highest BCUT2D eigenvalue weighted by Crippen LogP contribution is 2.26. The van der Waals surface area contributed by atoms with Gasteiger partial charge in [0.15, 0.2) is 0 Å². The molecule has 0 unspecified atom stereocenters. The van der Waals surface area contributed by atoms with Crippen LogP contribution < -0.4 is 11.3 Å². The molecule has 16 heavy (non-hydrogen) atoms. The van der Waals surface area contributed by atoms with Crippen LogP contribution in [-0.4, -0.2) is 9.55 Å². The molecular weight excluding hydrogens is 222 g/mol. The average Bonchev–Trinajstić information content (AvgIpc) is 2.60. The predicted molar refractivity (Wildman–Crippen MR) is 66.9 cm³/mol. The molecule has 0 saturated carbocycles. The quantitative estimate of drug-likeness (QED) is 0.857. The molecule has 0 bridgehead atoms. The molecule has 2 rings (SSSR count). The molecule has 2 aromatic heterocycles. The Balaban J connectivity index is 2.91. The SMILES string of the molecule is CCc1nc2sc(CN)c(C)c2c(=O)n1C. The maximum absolute atomic E-state index is 12.1. The minimum absolute atomic E-state index is 0.0373. The minimum atomic E-state index is 0.0373. The lowest BCUT2D eigenvalue weighted by Crippen LogP contribution is -2.21. The van der Waals surface area contributed by atoms with E-state index in [1.807, 2.05) is 13.8 Å². The normalized spacial score (nSPS) is 11.2. The summed E-state index contributed by atoms with van der Waals surface area (Å²) in [6.45, 7) is 4.41. The van der Waals surface area contributed by atoms with E-state index in [0.29, 0.717) is 6.54 Å². The average molecular weight is 237 g/mol. The Morgan fingerprint density at radius 3 is 2.75 bits per heavy atom. The number of nitrogens with zero attached hydrogens (tertiary/aromatic N) is 2. The molecular formula is C11H15N3OS. The van der Waals surface area contributed by atoms with E-state index in [0.717, 1.165) is 32.9 Å². The molecule has 0 atom stereocenters. The van der Waals surface area contributed by atoms with Crippen LogP contribution in [-0.2, 0) is 20.0 Å². The van der Waals surface area contributed by atoms with Crippen LogP contribution in [0.3, 0.4) is 0 Å². The van der Waals surface area contributed by atoms with Crippen molar-refractivity contribution < 1.29 is 0 Å². The highest BCUT2D eigenvalue weighted by molar-refractivity contribution is 7.18. The number of hydrogen-bond acceptors (Lipinski definition) is 4. The van der Waals surface area contributed by atoms with Crippen LogP contribution in [0.2, 0.25) is 0 Å². The lowest BCUT2D eigenvalue weighted by Gasteiger charge is -2.04. The van der Waals surface area contributed by atoms with Crippen molar-refractivity contribution >= 4 is 21.6 Å². The zero-order valence-electron chi connectivity index (χ0n) is 9.70. The summed E-state index contributed by atoms with van der Waals surface area (Å²) < 4.78 is 1.63. The van der Waals surface area contributed by atoms with Crippen molar-refractivity contribution in [3.63, 3.8) is 0 Å². The fourth-order valence-corrected chi connectivity index (χ4v) is 2.93. The molecule has 0 aliphatic heterocycles. The van der Waals surface area contributed by atoms with Gasteiger partial charge in [0.25, 0.3) is 5.56 Å². The number of hydrogen-bond donors (Lipinski definition) is 1. The Labute approximate surface area is 97.7 Å². The van der Waals surface area contributed by atoms with Crippen LogP contribution in [0.1, 0.15) is 23.2 Å². The fourth-order valence-electron chi connectivity index (χ4n) is 1.86. The lowest BCUT2D eigenvalue weighted by atomic mass is 10.2. The van der Waals surface area contributed by atoms with Crippen LogP contribution in [0, 0.1) is 6.92 Å². The van der Waals surface area contributed by atoms with Crippen molar-refractivity contribution in [1.29, 1.82) is 0 Å². The van der Waals surface area contributed by atoms with Crippen LogP contribution in [0.25, 0.3) is 10.2 Å².